The summed E-state index contributed by atoms with van der Waals surface area (Å²) in [7, 11) is 0. The lowest BCUT2D eigenvalue weighted by Gasteiger charge is -2.16. The molecule has 0 radical (unpaired) electrons. The van der Waals surface area contributed by atoms with Gasteiger partial charge in [-0.2, -0.15) is 0 Å². The maximum absolute atomic E-state index is 5.48. The molecule has 0 bridgehead atoms. The van der Waals surface area contributed by atoms with Gasteiger partial charge in [-0.05, 0) is 85.9 Å². The van der Waals surface area contributed by atoms with Crippen molar-refractivity contribution in [2.75, 3.05) is 0 Å². The number of fused-ring (bicyclic) bond motifs is 9. The van der Waals surface area contributed by atoms with Gasteiger partial charge < -0.3 is 0 Å². The largest absolute Gasteiger partial charge is 0.291 e. The van der Waals surface area contributed by atoms with Crippen LogP contribution in [-0.4, -0.2) is 14.5 Å². The SMILES string of the molecule is c1ccc(-c2cccc(-c3nc4ccccc4nc3-n3c4cc5ccccc5cc4c4cc5c6c(cccc6c43)-c3ccccc3-5)c2)cc1. The minimum Gasteiger partial charge on any atom is -0.291 e. The fourth-order valence-electron chi connectivity index (χ4n) is 8.09. The Kier molecular flexibility index (Phi) is 5.38. The van der Waals surface area contributed by atoms with Gasteiger partial charge in [-0.15, -0.1) is 0 Å². The fourth-order valence-corrected chi connectivity index (χ4v) is 8.09. The van der Waals surface area contributed by atoms with Gasteiger partial charge in [-0.25, -0.2) is 9.97 Å². The molecule has 49 heavy (non-hydrogen) atoms. The van der Waals surface area contributed by atoms with E-state index >= 15 is 0 Å². The molecular weight excluding hydrogens is 595 g/mol. The lowest BCUT2D eigenvalue weighted by atomic mass is 9.98. The van der Waals surface area contributed by atoms with Crippen LogP contribution in [0.3, 0.4) is 0 Å². The zero-order valence-corrected chi connectivity index (χ0v) is 26.4. The Bertz CT molecular complexity index is 2990. The monoisotopic (exact) mass is 621 g/mol. The average molecular weight is 622 g/mol. The summed E-state index contributed by atoms with van der Waals surface area (Å²) in [4.78, 5) is 10.9. The van der Waals surface area contributed by atoms with Crippen LogP contribution < -0.4 is 0 Å². The molecule has 0 saturated carbocycles. The summed E-state index contributed by atoms with van der Waals surface area (Å²) in [6, 6.07) is 58.8. The molecule has 1 aliphatic carbocycles. The Hall–Kier alpha value is -6.58. The topological polar surface area (TPSA) is 30.7 Å². The zero-order valence-electron chi connectivity index (χ0n) is 26.4. The Morgan fingerprint density at radius 3 is 1.86 bits per heavy atom. The van der Waals surface area contributed by atoms with Gasteiger partial charge in [-0.3, -0.25) is 4.57 Å². The molecule has 3 heteroatoms. The van der Waals surface area contributed by atoms with Gasteiger partial charge in [-0.1, -0.05) is 127 Å². The highest BCUT2D eigenvalue weighted by atomic mass is 15.1. The first kappa shape index (κ1) is 26.5. The highest BCUT2D eigenvalue weighted by molar-refractivity contribution is 6.28. The van der Waals surface area contributed by atoms with Crippen LogP contribution in [0.25, 0.3) is 105 Å². The summed E-state index contributed by atoms with van der Waals surface area (Å²) in [5.41, 5.74) is 13.4. The molecule has 0 fully saturated rings. The first-order chi connectivity index (χ1) is 24.3. The highest BCUT2D eigenvalue weighted by Gasteiger charge is 2.27. The average Bonchev–Trinajstić information content (AvgIpc) is 3.67. The second-order valence-corrected chi connectivity index (χ2v) is 13.0. The molecule has 2 aromatic heterocycles. The molecule has 0 saturated heterocycles. The van der Waals surface area contributed by atoms with Crippen molar-refractivity contribution in [2.24, 2.45) is 0 Å². The number of nitrogens with zero attached hydrogens (tertiary/aromatic N) is 3. The van der Waals surface area contributed by atoms with Crippen molar-refractivity contribution in [1.29, 1.82) is 0 Å². The molecule has 10 aromatic rings. The molecule has 2 heterocycles. The smallest absolute Gasteiger partial charge is 0.165 e. The Labute approximate surface area is 282 Å². The van der Waals surface area contributed by atoms with Gasteiger partial charge in [0.1, 0.15) is 5.69 Å². The first-order valence-corrected chi connectivity index (χ1v) is 16.8. The minimum absolute atomic E-state index is 0.829. The van der Waals surface area contributed by atoms with Crippen molar-refractivity contribution in [1.82, 2.24) is 14.5 Å². The highest BCUT2D eigenvalue weighted by Crippen LogP contribution is 2.51. The first-order valence-electron chi connectivity index (χ1n) is 16.8. The Morgan fingerprint density at radius 1 is 0.388 bits per heavy atom. The van der Waals surface area contributed by atoms with Crippen LogP contribution in [0, 0.1) is 0 Å². The van der Waals surface area contributed by atoms with Crippen molar-refractivity contribution in [3.63, 3.8) is 0 Å². The number of hydrogen-bond donors (Lipinski definition) is 0. The lowest BCUT2D eigenvalue weighted by molar-refractivity contribution is 1.08. The van der Waals surface area contributed by atoms with Crippen LogP contribution in [0.5, 0.6) is 0 Å². The predicted molar refractivity (Wildman–Crippen MR) is 204 cm³/mol. The van der Waals surface area contributed by atoms with Crippen LogP contribution in [0.4, 0.5) is 0 Å². The van der Waals surface area contributed by atoms with Crippen LogP contribution in [-0.2, 0) is 0 Å². The maximum Gasteiger partial charge on any atom is 0.165 e. The van der Waals surface area contributed by atoms with Crippen LogP contribution in [0.2, 0.25) is 0 Å². The van der Waals surface area contributed by atoms with E-state index in [0.717, 1.165) is 44.7 Å². The van der Waals surface area contributed by atoms with Crippen LogP contribution in [0.1, 0.15) is 0 Å². The van der Waals surface area contributed by atoms with Gasteiger partial charge in [0.2, 0.25) is 0 Å². The lowest BCUT2D eigenvalue weighted by Crippen LogP contribution is -2.04. The fraction of sp³-hybridized carbons (Fsp3) is 0. The summed E-state index contributed by atoms with van der Waals surface area (Å²) >= 11 is 0. The summed E-state index contributed by atoms with van der Waals surface area (Å²) in [5.74, 6) is 0.829. The molecule has 0 spiro atoms. The van der Waals surface area contributed by atoms with E-state index < -0.39 is 0 Å². The van der Waals surface area contributed by atoms with Gasteiger partial charge in [0.15, 0.2) is 5.82 Å². The summed E-state index contributed by atoms with van der Waals surface area (Å²) in [6.45, 7) is 0. The van der Waals surface area contributed by atoms with Crippen LogP contribution >= 0.6 is 0 Å². The summed E-state index contributed by atoms with van der Waals surface area (Å²) in [6.07, 6.45) is 0. The number of hydrogen-bond acceptors (Lipinski definition) is 2. The summed E-state index contributed by atoms with van der Waals surface area (Å²) < 4.78 is 2.40. The van der Waals surface area contributed by atoms with E-state index in [1.165, 1.54) is 60.1 Å². The molecule has 0 amide bonds. The third kappa shape index (κ3) is 3.78. The normalized spacial score (nSPS) is 12.1. The molecule has 3 nitrogen and oxygen atoms in total. The van der Waals surface area contributed by atoms with E-state index in [2.05, 4.69) is 156 Å². The van der Waals surface area contributed by atoms with E-state index in [9.17, 15) is 0 Å². The Morgan fingerprint density at radius 2 is 1.02 bits per heavy atom. The standard InChI is InChI=1S/C46H27N3/c1-2-12-28(13-3-1)29-16-10-17-32(24-29)44-46(48-41-23-9-8-22-40(41)47-44)49-42-26-31-15-5-4-14-30(31)25-37(42)39-27-38-34-19-7-6-18-33(34)35-20-11-21-36(43(35)38)45(39)49/h1-27H. The van der Waals surface area contributed by atoms with E-state index in [4.69, 9.17) is 9.97 Å². The number of rotatable bonds is 3. The number of para-hydroxylation sites is 2. The van der Waals surface area contributed by atoms with Crippen molar-refractivity contribution in [3.8, 4) is 50.5 Å². The predicted octanol–water partition coefficient (Wildman–Crippen LogP) is 12.0. The second kappa shape index (κ2) is 9.96. The molecule has 226 valence electrons. The number of benzene rings is 8. The third-order valence-electron chi connectivity index (χ3n) is 10.3. The minimum atomic E-state index is 0.829. The van der Waals surface area contributed by atoms with Crippen molar-refractivity contribution >= 4 is 54.4 Å². The summed E-state index contributed by atoms with van der Waals surface area (Å²) in [5, 5.41) is 7.37. The quantitative estimate of drug-likeness (QED) is 0.196. The van der Waals surface area contributed by atoms with Crippen molar-refractivity contribution < 1.29 is 0 Å². The van der Waals surface area contributed by atoms with E-state index in [0.29, 0.717) is 0 Å². The van der Waals surface area contributed by atoms with Gasteiger partial charge in [0.25, 0.3) is 0 Å². The van der Waals surface area contributed by atoms with Crippen LogP contribution in [0.15, 0.2) is 164 Å². The van der Waals surface area contributed by atoms with Gasteiger partial charge >= 0.3 is 0 Å². The molecule has 8 aromatic carbocycles. The maximum atomic E-state index is 5.48. The van der Waals surface area contributed by atoms with Crippen molar-refractivity contribution in [2.45, 2.75) is 0 Å². The van der Waals surface area contributed by atoms with Crippen molar-refractivity contribution in [3.05, 3.63) is 164 Å². The molecule has 1 aliphatic rings. The molecule has 0 atom stereocenters. The van der Waals surface area contributed by atoms with E-state index in [-0.39, 0.29) is 0 Å². The van der Waals surface area contributed by atoms with E-state index in [1.54, 1.807) is 0 Å². The third-order valence-corrected chi connectivity index (χ3v) is 10.3. The zero-order chi connectivity index (χ0) is 32.1. The number of aromatic nitrogens is 3. The Balaban J connectivity index is 1.32. The second-order valence-electron chi connectivity index (χ2n) is 13.0. The molecule has 11 rings (SSSR count). The molecule has 0 unspecified atom stereocenters. The van der Waals surface area contributed by atoms with E-state index in [1.807, 2.05) is 12.1 Å². The molecular formula is C46H27N3. The molecule has 0 aliphatic heterocycles. The van der Waals surface area contributed by atoms with Gasteiger partial charge in [0.05, 0.1) is 22.1 Å². The van der Waals surface area contributed by atoms with Gasteiger partial charge in [0, 0.05) is 21.7 Å². The molecule has 0 N–H and O–H groups in total.